The fraction of sp³-hybridized carbons (Fsp3) is 0.286. The van der Waals surface area contributed by atoms with E-state index in [1.54, 1.807) is 12.1 Å². The fourth-order valence-corrected chi connectivity index (χ4v) is 3.50. The minimum Gasteiger partial charge on any atom is -0.494 e. The normalized spacial score (nSPS) is 17.3. The van der Waals surface area contributed by atoms with Crippen LogP contribution in [0, 0.1) is 5.82 Å². The summed E-state index contributed by atoms with van der Waals surface area (Å²) in [5.41, 5.74) is 1.07. The Kier molecular flexibility index (Phi) is 4.58. The molecule has 5 nitrogen and oxygen atoms in total. The number of piperazine rings is 1. The summed E-state index contributed by atoms with van der Waals surface area (Å²) in [6.45, 7) is 4.84. The molecule has 1 atom stereocenters. The molecule has 0 amide bonds. The van der Waals surface area contributed by atoms with E-state index in [1.165, 1.54) is 19.2 Å². The quantitative estimate of drug-likeness (QED) is 0.768. The minimum absolute atomic E-state index is 0.150. The van der Waals surface area contributed by atoms with E-state index in [4.69, 9.17) is 9.15 Å². The van der Waals surface area contributed by atoms with Gasteiger partial charge >= 0.3 is 5.63 Å². The van der Waals surface area contributed by atoms with Gasteiger partial charge in [0.1, 0.15) is 5.76 Å². The average molecular weight is 368 g/mol. The van der Waals surface area contributed by atoms with Gasteiger partial charge in [-0.1, -0.05) is 6.07 Å². The zero-order valence-corrected chi connectivity index (χ0v) is 15.3. The summed E-state index contributed by atoms with van der Waals surface area (Å²) in [5, 5.41) is 4.70. The second-order valence-corrected chi connectivity index (χ2v) is 6.82. The van der Waals surface area contributed by atoms with Crippen LogP contribution in [0.15, 0.2) is 51.7 Å². The Balaban J connectivity index is 1.73. The van der Waals surface area contributed by atoms with Crippen LogP contribution in [0.3, 0.4) is 0 Å². The number of halogens is 1. The van der Waals surface area contributed by atoms with Crippen LogP contribution in [0.5, 0.6) is 5.75 Å². The molecule has 2 aromatic carbocycles. The van der Waals surface area contributed by atoms with Crippen molar-refractivity contribution in [2.75, 3.05) is 31.6 Å². The van der Waals surface area contributed by atoms with Crippen molar-refractivity contribution in [2.24, 2.45) is 0 Å². The first-order valence-electron chi connectivity index (χ1n) is 8.95. The molecule has 1 saturated heterocycles. The molecule has 0 spiro atoms. The van der Waals surface area contributed by atoms with Crippen LogP contribution in [-0.4, -0.2) is 32.8 Å². The summed E-state index contributed by atoms with van der Waals surface area (Å²) in [6.07, 6.45) is 0. The number of fused-ring (bicyclic) bond motifs is 1. The molecular weight excluding hydrogens is 347 g/mol. The van der Waals surface area contributed by atoms with E-state index in [2.05, 4.69) is 17.1 Å². The summed E-state index contributed by atoms with van der Waals surface area (Å²) in [7, 11) is 1.41. The first-order valence-corrected chi connectivity index (χ1v) is 8.95. The number of nitrogens with one attached hydrogen (secondary N) is 1. The van der Waals surface area contributed by atoms with Crippen molar-refractivity contribution < 1.29 is 13.5 Å². The fourth-order valence-electron chi connectivity index (χ4n) is 3.50. The Morgan fingerprint density at radius 2 is 2.07 bits per heavy atom. The van der Waals surface area contributed by atoms with Crippen molar-refractivity contribution in [1.82, 2.24) is 5.32 Å². The molecule has 1 aromatic heterocycles. The molecule has 1 aliphatic rings. The number of rotatable bonds is 3. The molecule has 2 heterocycles. The molecule has 140 valence electrons. The lowest BCUT2D eigenvalue weighted by atomic mass is 10.1. The highest BCUT2D eigenvalue weighted by Gasteiger charge is 2.17. The van der Waals surface area contributed by atoms with E-state index in [0.717, 1.165) is 30.7 Å². The van der Waals surface area contributed by atoms with Gasteiger partial charge in [0.05, 0.1) is 12.5 Å². The number of hydrogen-bond donors (Lipinski definition) is 1. The molecular formula is C21H21FN2O3. The Hall–Kier alpha value is -2.86. The molecule has 1 N–H and O–H groups in total. The second kappa shape index (κ2) is 7.04. The molecule has 0 radical (unpaired) electrons. The highest BCUT2D eigenvalue weighted by molar-refractivity contribution is 5.87. The smallest absolute Gasteiger partial charge is 0.344 e. The molecule has 1 aliphatic heterocycles. The molecule has 6 heteroatoms. The predicted molar refractivity (Wildman–Crippen MR) is 104 cm³/mol. The topological polar surface area (TPSA) is 54.7 Å². The molecule has 0 saturated carbocycles. The van der Waals surface area contributed by atoms with Crippen molar-refractivity contribution in [3.63, 3.8) is 0 Å². The van der Waals surface area contributed by atoms with Crippen LogP contribution < -0.4 is 20.6 Å². The van der Waals surface area contributed by atoms with E-state index in [1.807, 2.05) is 18.2 Å². The van der Waals surface area contributed by atoms with Gasteiger partial charge in [-0.2, -0.15) is 0 Å². The summed E-state index contributed by atoms with van der Waals surface area (Å²) in [6, 6.07) is 12.5. The Morgan fingerprint density at radius 1 is 1.22 bits per heavy atom. The zero-order chi connectivity index (χ0) is 19.0. The third kappa shape index (κ3) is 3.40. The number of hydrogen-bond acceptors (Lipinski definition) is 5. The van der Waals surface area contributed by atoms with Crippen LogP contribution >= 0.6 is 0 Å². The number of ether oxygens (including phenoxy) is 1. The van der Waals surface area contributed by atoms with E-state index in [0.29, 0.717) is 22.8 Å². The summed E-state index contributed by atoms with van der Waals surface area (Å²) < 4.78 is 24.4. The first-order chi connectivity index (χ1) is 13.0. The van der Waals surface area contributed by atoms with Crippen molar-refractivity contribution in [3.8, 4) is 17.1 Å². The van der Waals surface area contributed by atoms with Crippen molar-refractivity contribution >= 4 is 16.5 Å². The number of methoxy groups -OCH3 is 1. The summed E-state index contributed by atoms with van der Waals surface area (Å²) in [5.74, 6) is -0.0182. The van der Waals surface area contributed by atoms with Crippen molar-refractivity contribution in [3.05, 3.63) is 58.7 Å². The third-order valence-electron chi connectivity index (χ3n) is 4.92. The summed E-state index contributed by atoms with van der Waals surface area (Å²) >= 11 is 0. The Morgan fingerprint density at radius 3 is 2.81 bits per heavy atom. The summed E-state index contributed by atoms with van der Waals surface area (Å²) in [4.78, 5) is 14.8. The van der Waals surface area contributed by atoms with Crippen LogP contribution in [-0.2, 0) is 0 Å². The van der Waals surface area contributed by atoms with Crippen LogP contribution in [0.2, 0.25) is 0 Å². The number of benzene rings is 2. The number of anilines is 1. The molecule has 1 unspecified atom stereocenters. The lowest BCUT2D eigenvalue weighted by molar-refractivity contribution is 0.386. The Bertz CT molecular complexity index is 1050. The van der Waals surface area contributed by atoms with Gasteiger partial charge in [-0.25, -0.2) is 9.18 Å². The second-order valence-electron chi connectivity index (χ2n) is 6.82. The highest BCUT2D eigenvalue weighted by Crippen LogP contribution is 2.28. The van der Waals surface area contributed by atoms with Crippen LogP contribution in [0.1, 0.15) is 6.92 Å². The van der Waals surface area contributed by atoms with Gasteiger partial charge < -0.3 is 19.4 Å². The molecule has 3 aromatic rings. The maximum Gasteiger partial charge on any atom is 0.344 e. The van der Waals surface area contributed by atoms with Gasteiger partial charge in [0.2, 0.25) is 0 Å². The van der Waals surface area contributed by atoms with Crippen molar-refractivity contribution in [1.29, 1.82) is 0 Å². The van der Waals surface area contributed by atoms with Gasteiger partial charge in [-0.3, -0.25) is 0 Å². The van der Waals surface area contributed by atoms with Gasteiger partial charge in [-0.15, -0.1) is 0 Å². The maximum atomic E-state index is 14.0. The molecule has 0 aliphatic carbocycles. The maximum absolute atomic E-state index is 14.0. The first kappa shape index (κ1) is 17.5. The van der Waals surface area contributed by atoms with E-state index < -0.39 is 11.4 Å². The SMILES string of the molecule is COc1ccc(-c2cc3ccc(N4CCNC(C)C4)cc3c(=O)o2)cc1F. The van der Waals surface area contributed by atoms with Crippen LogP contribution in [0.25, 0.3) is 22.1 Å². The van der Waals surface area contributed by atoms with E-state index in [-0.39, 0.29) is 5.75 Å². The predicted octanol–water partition coefficient (Wildman–Crippen LogP) is 3.41. The van der Waals surface area contributed by atoms with Crippen LogP contribution in [0.4, 0.5) is 10.1 Å². The molecule has 27 heavy (non-hydrogen) atoms. The van der Waals surface area contributed by atoms with E-state index >= 15 is 0 Å². The highest BCUT2D eigenvalue weighted by atomic mass is 19.1. The molecule has 1 fully saturated rings. The standard InChI is InChI=1S/C21H21FN2O3/c1-13-12-24(8-7-23-13)16-5-3-14-10-20(27-21(25)17(14)11-16)15-4-6-19(26-2)18(22)9-15/h3-6,9-11,13,23H,7-8,12H2,1-2H3. The average Bonchev–Trinajstić information content (AvgIpc) is 2.67. The molecule has 4 rings (SSSR count). The minimum atomic E-state index is -0.499. The van der Waals surface area contributed by atoms with Gasteiger partial charge in [0, 0.05) is 36.9 Å². The van der Waals surface area contributed by atoms with Gasteiger partial charge in [0.25, 0.3) is 0 Å². The zero-order valence-electron chi connectivity index (χ0n) is 15.3. The van der Waals surface area contributed by atoms with Crippen molar-refractivity contribution in [2.45, 2.75) is 13.0 Å². The largest absolute Gasteiger partial charge is 0.494 e. The van der Waals surface area contributed by atoms with Gasteiger partial charge in [0.15, 0.2) is 11.6 Å². The number of nitrogens with zero attached hydrogens (tertiary/aromatic N) is 1. The third-order valence-corrected chi connectivity index (χ3v) is 4.92. The van der Waals surface area contributed by atoms with Gasteiger partial charge in [-0.05, 0) is 48.7 Å². The Labute approximate surface area is 156 Å². The van der Waals surface area contributed by atoms with E-state index in [9.17, 15) is 9.18 Å². The lowest BCUT2D eigenvalue weighted by Crippen LogP contribution is -2.49. The molecule has 0 bridgehead atoms. The monoisotopic (exact) mass is 368 g/mol. The lowest BCUT2D eigenvalue weighted by Gasteiger charge is -2.33.